The van der Waals surface area contributed by atoms with Crippen LogP contribution in [-0.2, 0) is 23.1 Å². The average molecular weight is 469 g/mol. The molecule has 1 saturated heterocycles. The highest BCUT2D eigenvalue weighted by molar-refractivity contribution is 7.92. The van der Waals surface area contributed by atoms with Gasteiger partial charge in [-0.1, -0.05) is 12.1 Å². The molecule has 31 heavy (non-hydrogen) atoms. The maximum Gasteiger partial charge on any atom is 0.267 e. The van der Waals surface area contributed by atoms with E-state index in [0.717, 1.165) is 48.7 Å². The number of nitrogens with zero attached hydrogens (tertiary/aromatic N) is 2. The van der Waals surface area contributed by atoms with Crippen molar-refractivity contribution in [1.82, 2.24) is 9.27 Å². The number of halogens is 3. The summed E-state index contributed by atoms with van der Waals surface area (Å²) in [4.78, 5) is 1.08. The third kappa shape index (κ3) is 4.83. The Kier molecular flexibility index (Phi) is 6.17. The number of hydrogen-bond acceptors (Lipinski definition) is 6. The van der Waals surface area contributed by atoms with E-state index in [1.165, 1.54) is 17.6 Å². The van der Waals surface area contributed by atoms with Crippen LogP contribution >= 0.6 is 11.5 Å². The van der Waals surface area contributed by atoms with Crippen molar-refractivity contribution in [3.63, 3.8) is 0 Å². The van der Waals surface area contributed by atoms with E-state index in [-0.39, 0.29) is 17.9 Å². The minimum absolute atomic E-state index is 0.000351. The first-order valence-electron chi connectivity index (χ1n) is 9.47. The Bertz CT molecular complexity index is 1160. The number of benzene rings is 2. The number of nitrogens with one attached hydrogen (secondary N) is 2. The zero-order valence-corrected chi connectivity index (χ0v) is 17.9. The van der Waals surface area contributed by atoms with Gasteiger partial charge in [-0.3, -0.25) is 9.62 Å². The Balaban J connectivity index is 1.53. The smallest absolute Gasteiger partial charge is 0.267 e. The Labute approximate surface area is 181 Å². The fourth-order valence-electron chi connectivity index (χ4n) is 3.30. The predicted octanol–water partition coefficient (Wildman–Crippen LogP) is 4.18. The topological polar surface area (TPSA) is 74.3 Å². The minimum Gasteiger partial charge on any atom is -0.381 e. The van der Waals surface area contributed by atoms with Gasteiger partial charge in [0, 0.05) is 29.7 Å². The molecule has 4 rings (SSSR count). The largest absolute Gasteiger partial charge is 0.381 e. The Morgan fingerprint density at radius 3 is 2.42 bits per heavy atom. The van der Waals surface area contributed by atoms with E-state index in [4.69, 9.17) is 0 Å². The Morgan fingerprint density at radius 2 is 1.81 bits per heavy atom. The second-order valence-electron chi connectivity index (χ2n) is 7.15. The van der Waals surface area contributed by atoms with Crippen LogP contribution in [0, 0.1) is 17.5 Å². The summed E-state index contributed by atoms with van der Waals surface area (Å²) in [5.41, 5.74) is 1.31. The van der Waals surface area contributed by atoms with Crippen LogP contribution in [0.25, 0.3) is 0 Å². The molecule has 0 atom stereocenters. The number of rotatable bonds is 8. The lowest BCUT2D eigenvalue weighted by Crippen LogP contribution is -2.36. The highest BCUT2D eigenvalue weighted by Gasteiger charge is 2.25. The van der Waals surface area contributed by atoms with E-state index in [1.54, 1.807) is 6.07 Å². The molecule has 0 radical (unpaired) electrons. The van der Waals surface area contributed by atoms with E-state index in [9.17, 15) is 21.6 Å². The van der Waals surface area contributed by atoms with Crippen LogP contribution in [0.3, 0.4) is 0 Å². The van der Waals surface area contributed by atoms with Crippen molar-refractivity contribution in [1.29, 1.82) is 0 Å². The first-order valence-corrected chi connectivity index (χ1v) is 11.8. The number of anilines is 2. The van der Waals surface area contributed by atoms with Gasteiger partial charge >= 0.3 is 0 Å². The van der Waals surface area contributed by atoms with Crippen molar-refractivity contribution in [3.8, 4) is 0 Å². The summed E-state index contributed by atoms with van der Waals surface area (Å²) in [5, 5.41) is 4.19. The standard InChI is InChI=1S/C20H19F3N4O2S2/c21-17-4-1-3-13(11-27-5-2-6-27)16(17)10-24-14-7-18(22)20(19(23)8-14)31(28,29)26-15-9-25-30-12-15/h1,3-4,7-9,12,24,26H,2,5-6,10-11H2. The summed E-state index contributed by atoms with van der Waals surface area (Å²) < 4.78 is 74.0. The van der Waals surface area contributed by atoms with Crippen molar-refractivity contribution in [2.45, 2.75) is 24.4 Å². The third-order valence-corrected chi connectivity index (χ3v) is 7.00. The van der Waals surface area contributed by atoms with Crippen LogP contribution in [0.4, 0.5) is 24.5 Å². The molecule has 3 aromatic rings. The molecule has 0 bridgehead atoms. The van der Waals surface area contributed by atoms with Crippen molar-refractivity contribution in [2.75, 3.05) is 23.1 Å². The van der Waals surface area contributed by atoms with Crippen LogP contribution < -0.4 is 10.0 Å². The molecule has 6 nitrogen and oxygen atoms in total. The van der Waals surface area contributed by atoms with Gasteiger partial charge in [-0.15, -0.1) is 0 Å². The summed E-state index contributed by atoms with van der Waals surface area (Å²) >= 11 is 0.994. The summed E-state index contributed by atoms with van der Waals surface area (Å²) in [5.74, 6) is -2.93. The fourth-order valence-corrected chi connectivity index (χ4v) is 5.00. The number of hydrogen-bond donors (Lipinski definition) is 2. The normalized spacial score (nSPS) is 14.3. The van der Waals surface area contributed by atoms with Gasteiger partial charge in [0.05, 0.1) is 11.9 Å². The molecule has 0 saturated carbocycles. The van der Waals surface area contributed by atoms with E-state index in [0.29, 0.717) is 12.1 Å². The summed E-state index contributed by atoms with van der Waals surface area (Å²) in [6.45, 7) is 2.49. The van der Waals surface area contributed by atoms with Crippen LogP contribution in [0.2, 0.25) is 0 Å². The van der Waals surface area contributed by atoms with E-state index < -0.39 is 32.4 Å². The van der Waals surface area contributed by atoms with Gasteiger partial charge in [0.25, 0.3) is 10.0 Å². The van der Waals surface area contributed by atoms with Crippen LogP contribution in [-0.4, -0.2) is 30.8 Å². The van der Waals surface area contributed by atoms with Crippen LogP contribution in [0.5, 0.6) is 0 Å². The molecule has 2 N–H and O–H groups in total. The van der Waals surface area contributed by atoms with Crippen molar-refractivity contribution in [3.05, 3.63) is 70.5 Å². The molecule has 164 valence electrons. The molecule has 1 aliphatic heterocycles. The predicted molar refractivity (Wildman–Crippen MR) is 113 cm³/mol. The summed E-state index contributed by atoms with van der Waals surface area (Å²) in [7, 11) is -4.48. The quantitative estimate of drug-likeness (QED) is 0.519. The van der Waals surface area contributed by atoms with Crippen LogP contribution in [0.1, 0.15) is 17.5 Å². The van der Waals surface area contributed by atoms with E-state index in [1.807, 2.05) is 6.07 Å². The minimum atomic E-state index is -4.48. The highest BCUT2D eigenvalue weighted by atomic mass is 32.2. The zero-order valence-electron chi connectivity index (χ0n) is 16.2. The second kappa shape index (κ2) is 8.85. The molecular weight excluding hydrogens is 449 g/mol. The molecule has 2 aromatic carbocycles. The van der Waals surface area contributed by atoms with E-state index in [2.05, 4.69) is 19.3 Å². The highest BCUT2D eigenvalue weighted by Crippen LogP contribution is 2.27. The van der Waals surface area contributed by atoms with Gasteiger partial charge < -0.3 is 5.32 Å². The van der Waals surface area contributed by atoms with Gasteiger partial charge in [0.2, 0.25) is 0 Å². The number of likely N-dealkylation sites (tertiary alicyclic amines) is 1. The molecule has 1 fully saturated rings. The summed E-state index contributed by atoms with van der Waals surface area (Å²) in [6.07, 6.45) is 2.34. The number of aromatic nitrogens is 1. The SMILES string of the molecule is O=S(=O)(Nc1cnsc1)c1c(F)cc(NCc2c(F)cccc2CN2CCC2)cc1F. The number of sulfonamides is 1. The fraction of sp³-hybridized carbons (Fsp3) is 0.250. The van der Waals surface area contributed by atoms with Crippen molar-refractivity contribution < 1.29 is 21.6 Å². The molecule has 2 heterocycles. The molecule has 1 aromatic heterocycles. The third-order valence-electron chi connectivity index (χ3n) is 4.98. The lowest BCUT2D eigenvalue weighted by molar-refractivity contribution is 0.172. The Morgan fingerprint density at radius 1 is 1.06 bits per heavy atom. The summed E-state index contributed by atoms with van der Waals surface area (Å²) in [6, 6.07) is 6.53. The molecule has 0 unspecified atom stereocenters. The van der Waals surface area contributed by atoms with Gasteiger partial charge in [0.1, 0.15) is 17.5 Å². The average Bonchev–Trinajstić information content (AvgIpc) is 3.15. The van der Waals surface area contributed by atoms with Crippen molar-refractivity contribution >= 4 is 32.9 Å². The maximum absolute atomic E-state index is 14.6. The van der Waals surface area contributed by atoms with Gasteiger partial charge in [-0.05, 0) is 54.8 Å². The second-order valence-corrected chi connectivity index (χ2v) is 9.42. The lowest BCUT2D eigenvalue weighted by Gasteiger charge is -2.31. The van der Waals surface area contributed by atoms with Crippen molar-refractivity contribution in [2.24, 2.45) is 0 Å². The monoisotopic (exact) mass is 468 g/mol. The first kappa shape index (κ1) is 21.6. The maximum atomic E-state index is 14.6. The van der Waals surface area contributed by atoms with Gasteiger partial charge in [0.15, 0.2) is 4.90 Å². The van der Waals surface area contributed by atoms with Gasteiger partial charge in [-0.25, -0.2) is 21.6 Å². The molecule has 1 aliphatic rings. The molecular formula is C20H19F3N4O2S2. The van der Waals surface area contributed by atoms with Gasteiger partial charge in [-0.2, -0.15) is 4.37 Å². The Hall–Kier alpha value is -2.63. The molecule has 0 aliphatic carbocycles. The molecule has 0 spiro atoms. The van der Waals surface area contributed by atoms with E-state index >= 15 is 0 Å². The first-order chi connectivity index (χ1) is 14.8. The zero-order chi connectivity index (χ0) is 22.0. The lowest BCUT2D eigenvalue weighted by atomic mass is 10.0. The van der Waals surface area contributed by atoms with Crippen LogP contribution in [0.15, 0.2) is 46.8 Å². The molecule has 11 heteroatoms. The molecule has 0 amide bonds.